The molecule has 0 radical (unpaired) electrons. The van der Waals surface area contributed by atoms with E-state index >= 15 is 0 Å². The minimum atomic E-state index is -2.21. The van der Waals surface area contributed by atoms with Gasteiger partial charge in [-0.2, -0.15) is 0 Å². The van der Waals surface area contributed by atoms with Gasteiger partial charge in [0.25, 0.3) is 0 Å². The molecule has 0 aromatic heterocycles. The zero-order valence-electron chi connectivity index (χ0n) is 33.8. The van der Waals surface area contributed by atoms with Crippen molar-refractivity contribution in [2.75, 3.05) is 28.1 Å². The lowest BCUT2D eigenvalue weighted by Crippen LogP contribution is -2.48. The number of ether oxygens (including phenoxy) is 5. The Hall–Kier alpha value is -2.31. The maximum absolute atomic E-state index is 11.6. The van der Waals surface area contributed by atoms with E-state index in [4.69, 9.17) is 33.8 Å². The molecule has 0 aliphatic carbocycles. The van der Waals surface area contributed by atoms with E-state index in [1.54, 1.807) is 28.3 Å². The monoisotopic (exact) mass is 803 g/mol. The first-order valence-electron chi connectivity index (χ1n) is 18.4. The fourth-order valence-electron chi connectivity index (χ4n) is 6.07. The van der Waals surface area contributed by atoms with Gasteiger partial charge in [-0.3, -0.25) is 4.79 Å². The van der Waals surface area contributed by atoms with Crippen LogP contribution in [-0.4, -0.2) is 66.8 Å². The van der Waals surface area contributed by atoms with E-state index in [1.807, 2.05) is 30.3 Å². The molecule has 8 nitrogen and oxygen atoms in total. The smallest absolute Gasteiger partial charge is 0.244 e. The minimum Gasteiger partial charge on any atom is -0.489 e. The zero-order valence-corrected chi connectivity index (χ0v) is 36.4. The SMILES string of the molecule is COCO[C@@H]([C@H](C[C@H](C)Cc1cc(Br)cc(OCc2ccccc2)c1)OC)[C@@H](C)/C=C(\C)[C@H](O[Si](C)(C)C(C)(C)C)[C@H](CC/C=C(\C)C(N)=O)OC. The van der Waals surface area contributed by atoms with Crippen molar-refractivity contribution in [3.8, 4) is 5.75 Å². The summed E-state index contributed by atoms with van der Waals surface area (Å²) in [6.45, 7) is 20.2. The molecule has 0 aliphatic heterocycles. The Kier molecular flexibility index (Phi) is 19.5. The number of halogens is 1. The Bertz CT molecular complexity index is 1430. The van der Waals surface area contributed by atoms with Crippen LogP contribution in [0.3, 0.4) is 0 Å². The van der Waals surface area contributed by atoms with E-state index in [9.17, 15) is 4.79 Å². The van der Waals surface area contributed by atoms with Gasteiger partial charge in [0, 0.05) is 37.3 Å². The van der Waals surface area contributed by atoms with Gasteiger partial charge in [0.05, 0.1) is 24.4 Å². The summed E-state index contributed by atoms with van der Waals surface area (Å²) >= 11 is 3.69. The van der Waals surface area contributed by atoms with Gasteiger partial charge in [0.15, 0.2) is 8.32 Å². The lowest BCUT2D eigenvalue weighted by atomic mass is 9.88. The lowest BCUT2D eigenvalue weighted by Gasteiger charge is -2.42. The van der Waals surface area contributed by atoms with E-state index in [2.05, 4.69) is 101 Å². The van der Waals surface area contributed by atoms with Crippen molar-refractivity contribution in [1.82, 2.24) is 0 Å². The number of nitrogens with two attached hydrogens (primary N) is 1. The molecular weight excluding hydrogens is 738 g/mol. The van der Waals surface area contributed by atoms with Crippen LogP contribution in [0.2, 0.25) is 18.1 Å². The van der Waals surface area contributed by atoms with Gasteiger partial charge in [0.2, 0.25) is 5.91 Å². The number of primary amides is 1. The largest absolute Gasteiger partial charge is 0.489 e. The van der Waals surface area contributed by atoms with Crippen LogP contribution >= 0.6 is 15.9 Å². The average molecular weight is 805 g/mol. The van der Waals surface area contributed by atoms with Crippen LogP contribution in [0.4, 0.5) is 0 Å². The molecule has 0 fully saturated rings. The third-order valence-corrected chi connectivity index (χ3v) is 15.0. The van der Waals surface area contributed by atoms with Gasteiger partial charge in [-0.05, 0) is 98.5 Å². The van der Waals surface area contributed by atoms with Crippen molar-refractivity contribution in [2.45, 2.75) is 123 Å². The highest BCUT2D eigenvalue weighted by molar-refractivity contribution is 9.10. The predicted molar refractivity (Wildman–Crippen MR) is 218 cm³/mol. The van der Waals surface area contributed by atoms with Crippen molar-refractivity contribution in [1.29, 1.82) is 0 Å². The third-order valence-electron chi connectivity index (χ3n) is 10.1. The van der Waals surface area contributed by atoms with Crippen LogP contribution in [0.15, 0.2) is 76.3 Å². The van der Waals surface area contributed by atoms with Gasteiger partial charge >= 0.3 is 0 Å². The van der Waals surface area contributed by atoms with Crippen LogP contribution in [0.25, 0.3) is 0 Å². The molecule has 2 N–H and O–H groups in total. The summed E-state index contributed by atoms with van der Waals surface area (Å²) in [4.78, 5) is 11.6. The van der Waals surface area contributed by atoms with Crippen molar-refractivity contribution in [2.24, 2.45) is 17.6 Å². The maximum Gasteiger partial charge on any atom is 0.244 e. The number of hydrogen-bond donors (Lipinski definition) is 1. The van der Waals surface area contributed by atoms with E-state index in [0.29, 0.717) is 25.0 Å². The molecule has 0 spiro atoms. The molecule has 292 valence electrons. The molecule has 10 heteroatoms. The summed E-state index contributed by atoms with van der Waals surface area (Å²) in [5, 5.41) is 0.00240. The Balaban J connectivity index is 2.32. The summed E-state index contributed by atoms with van der Waals surface area (Å²) in [6, 6.07) is 16.5. The first kappa shape index (κ1) is 45.8. The highest BCUT2D eigenvalue weighted by Gasteiger charge is 2.41. The van der Waals surface area contributed by atoms with Gasteiger partial charge in [-0.25, -0.2) is 0 Å². The van der Waals surface area contributed by atoms with E-state index < -0.39 is 14.2 Å². The number of hydrogen-bond acceptors (Lipinski definition) is 7. The van der Waals surface area contributed by atoms with Gasteiger partial charge in [-0.1, -0.05) is 93.0 Å². The average Bonchev–Trinajstić information content (AvgIpc) is 3.07. The highest BCUT2D eigenvalue weighted by atomic mass is 79.9. The van der Waals surface area contributed by atoms with E-state index in [0.717, 1.165) is 34.2 Å². The second-order valence-corrected chi connectivity index (χ2v) is 21.3. The van der Waals surface area contributed by atoms with Crippen molar-refractivity contribution in [3.05, 3.63) is 87.4 Å². The molecule has 52 heavy (non-hydrogen) atoms. The molecule has 2 aromatic rings. The number of allylic oxidation sites excluding steroid dienone is 1. The summed E-state index contributed by atoms with van der Waals surface area (Å²) in [6.07, 6.45) is 6.11. The number of carbonyl (C=O) groups is 1. The normalized spacial score (nSPS) is 16.6. The topological polar surface area (TPSA) is 98.5 Å². The molecule has 0 aliphatic rings. The first-order valence-corrected chi connectivity index (χ1v) is 22.1. The van der Waals surface area contributed by atoms with Gasteiger partial charge < -0.3 is 33.8 Å². The lowest BCUT2D eigenvalue weighted by molar-refractivity contribution is -0.136. The molecule has 6 atom stereocenters. The summed E-state index contributed by atoms with van der Waals surface area (Å²) in [7, 11) is 2.91. The van der Waals surface area contributed by atoms with Crippen molar-refractivity contribution < 1.29 is 32.9 Å². The first-order chi connectivity index (χ1) is 24.4. The summed E-state index contributed by atoms with van der Waals surface area (Å²) < 4.78 is 38.3. The van der Waals surface area contributed by atoms with Crippen LogP contribution in [0, 0.1) is 11.8 Å². The maximum atomic E-state index is 11.6. The van der Waals surface area contributed by atoms with Gasteiger partial charge in [0.1, 0.15) is 19.1 Å². The number of methoxy groups -OCH3 is 3. The Morgan fingerprint density at radius 1 is 0.962 bits per heavy atom. The summed E-state index contributed by atoms with van der Waals surface area (Å²) in [5.41, 5.74) is 9.43. The molecule has 2 aromatic carbocycles. The molecule has 0 bridgehead atoms. The predicted octanol–water partition coefficient (Wildman–Crippen LogP) is 9.80. The molecule has 1 amide bonds. The Morgan fingerprint density at radius 3 is 2.19 bits per heavy atom. The Labute approximate surface area is 324 Å². The fourth-order valence-corrected chi connectivity index (χ4v) is 7.92. The van der Waals surface area contributed by atoms with Crippen molar-refractivity contribution >= 4 is 30.2 Å². The second kappa shape index (κ2) is 22.2. The Morgan fingerprint density at radius 2 is 1.62 bits per heavy atom. The van der Waals surface area contributed by atoms with E-state index in [1.165, 1.54) is 5.56 Å². The quantitative estimate of drug-likeness (QED) is 0.0517. The minimum absolute atomic E-state index is 0.00240. The van der Waals surface area contributed by atoms with Crippen molar-refractivity contribution in [3.63, 3.8) is 0 Å². The zero-order chi connectivity index (χ0) is 39.1. The molecule has 2 rings (SSSR count). The number of rotatable bonds is 23. The standard InChI is InChI=1S/C42H66BrNO7Si/c1-29(21-34-24-35(43)26-36(25-34)49-27-33-18-14-13-15-19-33)22-38(48-10)39(50-28-46-8)31(3)23-32(4)40(51-52(11,12)42(5,6)7)37(47-9)20-16-17-30(2)41(44)45/h13-15,17-19,23-26,29,31,37-40H,16,20-22,27-28H2,1-12H3,(H2,44,45)/b30-17+,32-23+/t29-,31+,37+,38+,39-,40+/m1/s1. The third kappa shape index (κ3) is 15.2. The fraction of sp³-hybridized carbons (Fsp3) is 0.595. The van der Waals surface area contributed by atoms with Gasteiger partial charge in [-0.15, -0.1) is 0 Å². The highest BCUT2D eigenvalue weighted by Crippen LogP contribution is 2.39. The van der Waals surface area contributed by atoms with E-state index in [-0.39, 0.29) is 48.1 Å². The second-order valence-electron chi connectivity index (χ2n) is 15.6. The van der Waals surface area contributed by atoms with Crippen LogP contribution in [0.1, 0.15) is 78.9 Å². The van der Waals surface area contributed by atoms with Crippen LogP contribution in [-0.2, 0) is 41.2 Å². The number of amides is 1. The summed E-state index contributed by atoms with van der Waals surface area (Å²) in [5.74, 6) is 0.682. The molecule has 0 unspecified atom stereocenters. The molecular formula is C42H66BrNO7Si. The number of benzene rings is 2. The number of carbonyl (C=O) groups excluding carboxylic acids is 1. The molecule has 0 saturated carbocycles. The van der Waals surface area contributed by atoms with Crippen LogP contribution < -0.4 is 10.5 Å². The van der Waals surface area contributed by atoms with Crippen LogP contribution in [0.5, 0.6) is 5.75 Å². The molecule has 0 saturated heterocycles. The molecule has 0 heterocycles.